The van der Waals surface area contributed by atoms with Gasteiger partial charge in [0.2, 0.25) is 27.7 Å². The third-order valence-electron chi connectivity index (χ3n) is 7.43. The predicted octanol–water partition coefficient (Wildman–Crippen LogP) is 0.999. The minimum Gasteiger partial charge on any atom is -0.378 e. The molecule has 2 aromatic carbocycles. The lowest BCUT2D eigenvalue weighted by Crippen LogP contribution is -2.64. The number of nitrogens with zero attached hydrogens (tertiary/aromatic N) is 2. The second-order valence-electron chi connectivity index (χ2n) is 10.2. The first-order valence-electron chi connectivity index (χ1n) is 13.6. The molecule has 4 N–H and O–H groups in total. The van der Waals surface area contributed by atoms with E-state index < -0.39 is 33.9 Å². The molecule has 0 unspecified atom stereocenters. The van der Waals surface area contributed by atoms with Crippen molar-refractivity contribution in [3.63, 3.8) is 0 Å². The van der Waals surface area contributed by atoms with E-state index in [0.29, 0.717) is 43.3 Å². The molecular formula is C28H36ClN5O6S. The Morgan fingerprint density at radius 2 is 1.76 bits per heavy atom. The third-order valence-corrected chi connectivity index (χ3v) is 8.99. The fraction of sp³-hybridized carbons (Fsp3) is 0.464. The second-order valence-corrected chi connectivity index (χ2v) is 12.4. The zero-order chi connectivity index (χ0) is 29.6. The summed E-state index contributed by atoms with van der Waals surface area (Å²) in [5.41, 5.74) is 7.94. The largest absolute Gasteiger partial charge is 0.378 e. The highest BCUT2D eigenvalue weighted by Crippen LogP contribution is 2.24. The Morgan fingerprint density at radius 1 is 1.05 bits per heavy atom. The van der Waals surface area contributed by atoms with Crippen molar-refractivity contribution in [2.45, 2.75) is 44.3 Å². The lowest BCUT2D eigenvalue weighted by molar-refractivity contribution is -0.152. The van der Waals surface area contributed by atoms with Gasteiger partial charge < -0.3 is 25.6 Å². The summed E-state index contributed by atoms with van der Waals surface area (Å²) < 4.78 is 34.2. The van der Waals surface area contributed by atoms with Crippen molar-refractivity contribution in [3.8, 4) is 0 Å². The van der Waals surface area contributed by atoms with Gasteiger partial charge in [-0.15, -0.1) is 0 Å². The number of amides is 3. The van der Waals surface area contributed by atoms with E-state index in [9.17, 15) is 22.8 Å². The quantitative estimate of drug-likeness (QED) is 0.346. The summed E-state index contributed by atoms with van der Waals surface area (Å²) in [7, 11) is -4.02. The monoisotopic (exact) mass is 605 g/mol. The molecule has 4 rings (SSSR count). The number of likely N-dealkylation sites (tertiary alicyclic amines) is 1. The van der Waals surface area contributed by atoms with E-state index in [4.69, 9.17) is 22.1 Å². The number of sulfonamides is 1. The molecule has 0 aromatic heterocycles. The van der Waals surface area contributed by atoms with E-state index in [1.165, 1.54) is 11.8 Å². The molecule has 2 fully saturated rings. The number of nitrogens with two attached hydrogens (primary N) is 1. The molecule has 13 heteroatoms. The molecule has 2 aliphatic heterocycles. The van der Waals surface area contributed by atoms with Gasteiger partial charge in [-0.1, -0.05) is 54.9 Å². The lowest BCUT2D eigenvalue weighted by Gasteiger charge is -2.42. The summed E-state index contributed by atoms with van der Waals surface area (Å²) in [5, 5.41) is 3.35. The molecule has 41 heavy (non-hydrogen) atoms. The van der Waals surface area contributed by atoms with Gasteiger partial charge in [-0.25, -0.2) is 13.1 Å². The smallest absolute Gasteiger partial charge is 0.243 e. The standard InChI is InChI=1S/C28H36ClN5O6S/c1-19(27(36)33-11-13-40-14-12-33)25(32-41(38,39)18-20-5-3-2-4-6-20)28(37)34-10-9-24(34)26(35)31-17-22-15-23(29)8-7-21(22)16-30/h2-8,15,19,24-25,32H,9-14,16-18,30H2,1H3,(H,31,35)/t19-,24-,25+/m0/s1. The summed E-state index contributed by atoms with van der Waals surface area (Å²) >= 11 is 6.10. The molecule has 3 amide bonds. The molecule has 3 atom stereocenters. The molecule has 2 aromatic rings. The van der Waals surface area contributed by atoms with Crippen LogP contribution in [0.4, 0.5) is 0 Å². The van der Waals surface area contributed by atoms with Gasteiger partial charge in [0.25, 0.3) is 0 Å². The van der Waals surface area contributed by atoms with E-state index in [2.05, 4.69) is 10.0 Å². The first-order chi connectivity index (χ1) is 19.6. The first-order valence-corrected chi connectivity index (χ1v) is 15.6. The molecule has 0 aliphatic carbocycles. The van der Waals surface area contributed by atoms with Crippen molar-refractivity contribution in [3.05, 3.63) is 70.2 Å². The van der Waals surface area contributed by atoms with Crippen LogP contribution in [-0.4, -0.2) is 80.9 Å². The SMILES string of the molecule is C[C@H](C(=O)N1CCOCC1)[C@@H](NS(=O)(=O)Cc1ccccc1)C(=O)N1CC[C@H]1C(=O)NCc1cc(Cl)ccc1CN. The molecule has 11 nitrogen and oxygen atoms in total. The fourth-order valence-corrected chi connectivity index (χ4v) is 6.57. The fourth-order valence-electron chi connectivity index (χ4n) is 4.97. The average molecular weight is 606 g/mol. The van der Waals surface area contributed by atoms with E-state index in [0.717, 1.165) is 11.1 Å². The summed E-state index contributed by atoms with van der Waals surface area (Å²) in [5.74, 6) is -2.72. The molecule has 0 radical (unpaired) electrons. The highest BCUT2D eigenvalue weighted by molar-refractivity contribution is 7.88. The van der Waals surface area contributed by atoms with Crippen molar-refractivity contribution in [2.75, 3.05) is 32.8 Å². The molecule has 2 saturated heterocycles. The Kier molecular flexibility index (Phi) is 10.4. The number of benzene rings is 2. The molecule has 2 aliphatic rings. The van der Waals surface area contributed by atoms with Crippen LogP contribution in [0.15, 0.2) is 48.5 Å². The van der Waals surface area contributed by atoms with E-state index in [-0.39, 0.29) is 37.2 Å². The van der Waals surface area contributed by atoms with Gasteiger partial charge in [0.05, 0.1) is 24.9 Å². The van der Waals surface area contributed by atoms with Crippen LogP contribution in [0.3, 0.4) is 0 Å². The van der Waals surface area contributed by atoms with Crippen molar-refractivity contribution >= 4 is 39.3 Å². The van der Waals surface area contributed by atoms with Crippen LogP contribution < -0.4 is 15.8 Å². The number of hydrogen-bond acceptors (Lipinski definition) is 7. The van der Waals surface area contributed by atoms with Crippen molar-refractivity contribution in [1.29, 1.82) is 0 Å². The molecule has 222 valence electrons. The van der Waals surface area contributed by atoms with Crippen LogP contribution in [-0.2, 0) is 48.0 Å². The number of carbonyl (C=O) groups is 3. The zero-order valence-electron chi connectivity index (χ0n) is 22.9. The Hall–Kier alpha value is -3.03. The van der Waals surface area contributed by atoms with Crippen LogP contribution in [0.5, 0.6) is 0 Å². The van der Waals surface area contributed by atoms with Crippen LogP contribution in [0.2, 0.25) is 5.02 Å². The van der Waals surface area contributed by atoms with Gasteiger partial charge >= 0.3 is 0 Å². The second kappa shape index (κ2) is 13.8. The van der Waals surface area contributed by atoms with Gasteiger partial charge in [-0.05, 0) is 35.2 Å². The molecule has 0 spiro atoms. The minimum absolute atomic E-state index is 0.170. The Bertz CT molecular complexity index is 1350. The lowest BCUT2D eigenvalue weighted by atomic mass is 9.94. The third kappa shape index (κ3) is 7.83. The Morgan fingerprint density at radius 3 is 2.39 bits per heavy atom. The van der Waals surface area contributed by atoms with Crippen LogP contribution in [0.25, 0.3) is 0 Å². The van der Waals surface area contributed by atoms with E-state index in [1.807, 2.05) is 0 Å². The zero-order valence-corrected chi connectivity index (χ0v) is 24.5. The minimum atomic E-state index is -4.02. The first kappa shape index (κ1) is 30.9. The molecule has 2 heterocycles. The number of nitrogens with one attached hydrogen (secondary N) is 2. The number of ether oxygens (including phenoxy) is 1. The summed E-state index contributed by atoms with van der Waals surface area (Å²) in [6.45, 7) is 3.67. The number of halogens is 1. The topological polar surface area (TPSA) is 151 Å². The van der Waals surface area contributed by atoms with E-state index >= 15 is 0 Å². The highest BCUT2D eigenvalue weighted by Gasteiger charge is 2.44. The van der Waals surface area contributed by atoms with Crippen LogP contribution >= 0.6 is 11.6 Å². The summed E-state index contributed by atoms with van der Waals surface area (Å²) in [4.78, 5) is 43.2. The van der Waals surface area contributed by atoms with Crippen molar-refractivity contribution in [2.24, 2.45) is 11.7 Å². The van der Waals surface area contributed by atoms with Crippen molar-refractivity contribution in [1.82, 2.24) is 19.8 Å². The molecular weight excluding hydrogens is 570 g/mol. The summed E-state index contributed by atoms with van der Waals surface area (Å²) in [6.07, 6.45) is 0.409. The van der Waals surface area contributed by atoms with Gasteiger partial charge in [0.15, 0.2) is 0 Å². The van der Waals surface area contributed by atoms with Crippen LogP contribution in [0.1, 0.15) is 30.0 Å². The number of hydrogen-bond donors (Lipinski definition) is 3. The maximum atomic E-state index is 13.8. The number of morpholine rings is 1. The van der Waals surface area contributed by atoms with Crippen molar-refractivity contribution < 1.29 is 27.5 Å². The Labute approximate surface area is 245 Å². The van der Waals surface area contributed by atoms with Gasteiger partial charge in [0.1, 0.15) is 12.1 Å². The number of rotatable bonds is 11. The normalized spacial score (nSPS) is 18.8. The maximum Gasteiger partial charge on any atom is 0.243 e. The summed E-state index contributed by atoms with van der Waals surface area (Å²) in [6, 6.07) is 11.6. The van der Waals surface area contributed by atoms with Crippen LogP contribution in [0, 0.1) is 5.92 Å². The van der Waals surface area contributed by atoms with Gasteiger partial charge in [-0.2, -0.15) is 0 Å². The Balaban J connectivity index is 1.50. The van der Waals surface area contributed by atoms with E-state index in [1.54, 1.807) is 53.4 Å². The maximum absolute atomic E-state index is 13.8. The predicted molar refractivity (Wildman–Crippen MR) is 154 cm³/mol. The molecule has 0 saturated carbocycles. The number of carbonyl (C=O) groups excluding carboxylic acids is 3. The van der Waals surface area contributed by atoms with Gasteiger partial charge in [0, 0.05) is 37.7 Å². The molecule has 0 bridgehead atoms. The highest BCUT2D eigenvalue weighted by atomic mass is 35.5. The van der Waals surface area contributed by atoms with Gasteiger partial charge in [-0.3, -0.25) is 14.4 Å². The average Bonchev–Trinajstić information content (AvgIpc) is 2.94.